The second kappa shape index (κ2) is 8.81. The molecular formula is C23H17FN2O3. The predicted molar refractivity (Wildman–Crippen MR) is 107 cm³/mol. The molecular weight excluding hydrogens is 371 g/mol. The number of halogens is 1. The first-order chi connectivity index (χ1) is 14.0. The van der Waals surface area contributed by atoms with Crippen molar-refractivity contribution in [2.45, 2.75) is 6.92 Å². The van der Waals surface area contributed by atoms with E-state index in [2.05, 4.69) is 11.4 Å². The molecule has 6 heteroatoms. The molecule has 0 heterocycles. The third-order valence-corrected chi connectivity index (χ3v) is 4.27. The molecule has 0 aliphatic rings. The Hall–Kier alpha value is -3.98. The van der Waals surface area contributed by atoms with Crippen LogP contribution in [0, 0.1) is 24.1 Å². The van der Waals surface area contributed by atoms with Gasteiger partial charge in [-0.2, -0.15) is 5.26 Å². The number of nitrogens with zero attached hydrogens (tertiary/aromatic N) is 1. The number of nitrogens with one attached hydrogen (secondary N) is 1. The number of carbonyl (C=O) groups excluding carboxylic acids is 2. The highest BCUT2D eigenvalue weighted by molar-refractivity contribution is 6.00. The van der Waals surface area contributed by atoms with Crippen molar-refractivity contribution in [1.29, 1.82) is 5.26 Å². The van der Waals surface area contributed by atoms with Gasteiger partial charge in [-0.15, -0.1) is 0 Å². The summed E-state index contributed by atoms with van der Waals surface area (Å²) in [6, 6.07) is 20.0. The molecule has 144 valence electrons. The second-order valence-corrected chi connectivity index (χ2v) is 6.29. The number of aryl methyl sites for hydroxylation is 1. The molecule has 0 atom stereocenters. The van der Waals surface area contributed by atoms with Crippen LogP contribution in [0.1, 0.15) is 21.5 Å². The molecule has 0 aromatic heterocycles. The molecule has 29 heavy (non-hydrogen) atoms. The molecule has 0 saturated heterocycles. The van der Waals surface area contributed by atoms with Gasteiger partial charge in [-0.1, -0.05) is 42.5 Å². The molecule has 0 saturated carbocycles. The Labute approximate surface area is 167 Å². The molecule has 5 nitrogen and oxygen atoms in total. The van der Waals surface area contributed by atoms with Gasteiger partial charge >= 0.3 is 5.97 Å². The van der Waals surface area contributed by atoms with Crippen molar-refractivity contribution in [2.75, 3.05) is 11.9 Å². The van der Waals surface area contributed by atoms with E-state index in [0.29, 0.717) is 22.3 Å². The van der Waals surface area contributed by atoms with Gasteiger partial charge in [0.2, 0.25) is 0 Å². The Morgan fingerprint density at radius 2 is 1.72 bits per heavy atom. The van der Waals surface area contributed by atoms with Gasteiger partial charge in [0.05, 0.1) is 17.2 Å². The fourth-order valence-corrected chi connectivity index (χ4v) is 2.79. The molecule has 3 aromatic rings. The van der Waals surface area contributed by atoms with E-state index in [0.717, 1.165) is 0 Å². The first-order valence-electron chi connectivity index (χ1n) is 8.81. The standard InChI is InChI=1S/C23H17FN2O3/c1-15-10-11-17(12-21(15)24)26-22(27)14-29-23(28)20-9-5-4-8-19(20)18-7-3-2-6-16(18)13-25/h2-12H,14H2,1H3,(H,26,27). The second-order valence-electron chi connectivity index (χ2n) is 6.29. The van der Waals surface area contributed by atoms with E-state index in [-0.39, 0.29) is 11.3 Å². The molecule has 0 spiro atoms. The fourth-order valence-electron chi connectivity index (χ4n) is 2.79. The highest BCUT2D eigenvalue weighted by Crippen LogP contribution is 2.27. The average Bonchev–Trinajstić information content (AvgIpc) is 2.74. The number of hydrogen-bond donors (Lipinski definition) is 1. The Kier molecular flexibility index (Phi) is 6.00. The van der Waals surface area contributed by atoms with Crippen molar-refractivity contribution in [3.8, 4) is 17.2 Å². The minimum absolute atomic E-state index is 0.240. The SMILES string of the molecule is Cc1ccc(NC(=O)COC(=O)c2ccccc2-c2ccccc2C#N)cc1F. The topological polar surface area (TPSA) is 79.2 Å². The van der Waals surface area contributed by atoms with E-state index in [1.165, 1.54) is 6.07 Å². The Morgan fingerprint density at radius 1 is 1.03 bits per heavy atom. The predicted octanol–water partition coefficient (Wildman–Crippen LogP) is 4.47. The summed E-state index contributed by atoms with van der Waals surface area (Å²) in [5.74, 6) is -1.72. The number of nitriles is 1. The van der Waals surface area contributed by atoms with Gasteiger partial charge in [0.25, 0.3) is 5.91 Å². The number of rotatable bonds is 5. The van der Waals surface area contributed by atoms with Gasteiger partial charge in [-0.05, 0) is 42.3 Å². The zero-order chi connectivity index (χ0) is 20.8. The van der Waals surface area contributed by atoms with Crippen LogP contribution in [-0.4, -0.2) is 18.5 Å². The van der Waals surface area contributed by atoms with Crippen molar-refractivity contribution in [3.05, 3.63) is 89.2 Å². The summed E-state index contributed by atoms with van der Waals surface area (Å²) in [5, 5.41) is 11.8. The van der Waals surface area contributed by atoms with E-state index in [1.807, 2.05) is 0 Å². The zero-order valence-electron chi connectivity index (χ0n) is 15.6. The van der Waals surface area contributed by atoms with Gasteiger partial charge in [0.1, 0.15) is 5.82 Å². The number of anilines is 1. The number of esters is 1. The lowest BCUT2D eigenvalue weighted by Crippen LogP contribution is -2.21. The lowest BCUT2D eigenvalue weighted by molar-refractivity contribution is -0.119. The fraction of sp³-hybridized carbons (Fsp3) is 0.0870. The Bertz CT molecular complexity index is 1120. The summed E-state index contributed by atoms with van der Waals surface area (Å²) >= 11 is 0. The quantitative estimate of drug-likeness (QED) is 0.654. The van der Waals surface area contributed by atoms with E-state index in [9.17, 15) is 19.2 Å². The average molecular weight is 388 g/mol. The normalized spacial score (nSPS) is 10.1. The molecule has 0 radical (unpaired) electrons. The number of hydrogen-bond acceptors (Lipinski definition) is 4. The van der Waals surface area contributed by atoms with Crippen molar-refractivity contribution < 1.29 is 18.7 Å². The van der Waals surface area contributed by atoms with E-state index < -0.39 is 24.3 Å². The van der Waals surface area contributed by atoms with Gasteiger partial charge in [0, 0.05) is 11.3 Å². The van der Waals surface area contributed by atoms with Crippen LogP contribution in [0.15, 0.2) is 66.7 Å². The van der Waals surface area contributed by atoms with Gasteiger partial charge in [-0.3, -0.25) is 4.79 Å². The molecule has 0 fully saturated rings. The van der Waals surface area contributed by atoms with Gasteiger partial charge in [-0.25, -0.2) is 9.18 Å². The summed E-state index contributed by atoms with van der Waals surface area (Å²) in [7, 11) is 0. The lowest BCUT2D eigenvalue weighted by Gasteiger charge is -2.11. The maximum Gasteiger partial charge on any atom is 0.339 e. The number of ether oxygens (including phenoxy) is 1. The van der Waals surface area contributed by atoms with Crippen LogP contribution in [-0.2, 0) is 9.53 Å². The highest BCUT2D eigenvalue weighted by Gasteiger charge is 2.17. The monoisotopic (exact) mass is 388 g/mol. The summed E-state index contributed by atoms with van der Waals surface area (Å²) < 4.78 is 18.7. The van der Waals surface area contributed by atoms with E-state index >= 15 is 0 Å². The zero-order valence-corrected chi connectivity index (χ0v) is 15.6. The van der Waals surface area contributed by atoms with Crippen molar-refractivity contribution in [1.82, 2.24) is 0 Å². The van der Waals surface area contributed by atoms with Crippen molar-refractivity contribution >= 4 is 17.6 Å². The maximum atomic E-state index is 13.6. The molecule has 3 rings (SSSR count). The summed E-state index contributed by atoms with van der Waals surface area (Å²) in [4.78, 5) is 24.6. The van der Waals surface area contributed by atoms with Gasteiger partial charge < -0.3 is 10.1 Å². The third kappa shape index (κ3) is 4.66. The molecule has 3 aromatic carbocycles. The number of amides is 1. The third-order valence-electron chi connectivity index (χ3n) is 4.27. The maximum absolute atomic E-state index is 13.6. The minimum Gasteiger partial charge on any atom is -0.452 e. The van der Waals surface area contributed by atoms with Crippen LogP contribution >= 0.6 is 0 Å². The Morgan fingerprint density at radius 3 is 2.45 bits per heavy atom. The summed E-state index contributed by atoms with van der Waals surface area (Å²) in [6.07, 6.45) is 0. The van der Waals surface area contributed by atoms with Crippen molar-refractivity contribution in [3.63, 3.8) is 0 Å². The molecule has 0 aliphatic carbocycles. The van der Waals surface area contributed by atoms with Crippen molar-refractivity contribution in [2.24, 2.45) is 0 Å². The largest absolute Gasteiger partial charge is 0.452 e. The summed E-state index contributed by atoms with van der Waals surface area (Å²) in [5.41, 5.74) is 2.54. The number of carbonyl (C=O) groups is 2. The molecule has 1 amide bonds. The molecule has 0 bridgehead atoms. The summed E-state index contributed by atoms with van der Waals surface area (Å²) in [6.45, 7) is 1.09. The van der Waals surface area contributed by atoms with E-state index in [1.54, 1.807) is 67.6 Å². The Balaban J connectivity index is 1.72. The molecule has 0 aliphatic heterocycles. The first-order valence-corrected chi connectivity index (χ1v) is 8.81. The molecule has 0 unspecified atom stereocenters. The van der Waals surface area contributed by atoms with E-state index in [4.69, 9.17) is 4.74 Å². The van der Waals surface area contributed by atoms with Crippen LogP contribution in [0.25, 0.3) is 11.1 Å². The highest BCUT2D eigenvalue weighted by atomic mass is 19.1. The van der Waals surface area contributed by atoms with Crippen LogP contribution in [0.5, 0.6) is 0 Å². The van der Waals surface area contributed by atoms with Crippen LogP contribution in [0.2, 0.25) is 0 Å². The van der Waals surface area contributed by atoms with Crippen LogP contribution in [0.4, 0.5) is 10.1 Å². The number of benzene rings is 3. The lowest BCUT2D eigenvalue weighted by atomic mass is 9.96. The van der Waals surface area contributed by atoms with Crippen LogP contribution < -0.4 is 5.32 Å². The smallest absolute Gasteiger partial charge is 0.339 e. The van der Waals surface area contributed by atoms with Crippen LogP contribution in [0.3, 0.4) is 0 Å². The minimum atomic E-state index is -0.696. The van der Waals surface area contributed by atoms with Gasteiger partial charge in [0.15, 0.2) is 6.61 Å². The first kappa shape index (κ1) is 19.8. The molecule has 1 N–H and O–H groups in total.